The molecule has 2 saturated carbocycles. The van der Waals surface area contributed by atoms with Gasteiger partial charge in [-0.2, -0.15) is 0 Å². The fraction of sp³-hybridized carbons (Fsp3) is 0.529. The van der Waals surface area contributed by atoms with Gasteiger partial charge in [0.2, 0.25) is 5.91 Å². The largest absolute Gasteiger partial charge is 0.508 e. The highest BCUT2D eigenvalue weighted by Gasteiger charge is 2.38. The number of hydrogen-bond donors (Lipinski definition) is 4. The number of benzene rings is 1. The van der Waals surface area contributed by atoms with E-state index in [1.165, 1.54) is 12.1 Å². The van der Waals surface area contributed by atoms with Crippen LogP contribution in [-0.4, -0.2) is 40.2 Å². The third-order valence-electron chi connectivity index (χ3n) is 4.87. The van der Waals surface area contributed by atoms with Crippen LogP contribution in [0, 0.1) is 11.7 Å². The summed E-state index contributed by atoms with van der Waals surface area (Å²) < 4.78 is 13.7. The molecule has 1 aromatic carbocycles. The van der Waals surface area contributed by atoms with Crippen LogP contribution >= 0.6 is 0 Å². The SMILES string of the molecule is O=C(N[C@H]1C[C@H](C(=O)NC2CCC2)C[C@@H]1O)c1ccc(O)cc1F. The van der Waals surface area contributed by atoms with Gasteiger partial charge >= 0.3 is 0 Å². The number of carbonyl (C=O) groups is 2. The van der Waals surface area contributed by atoms with Crippen molar-refractivity contribution in [3.05, 3.63) is 29.6 Å². The monoisotopic (exact) mass is 336 g/mol. The first-order valence-electron chi connectivity index (χ1n) is 8.22. The summed E-state index contributed by atoms with van der Waals surface area (Å²) >= 11 is 0. The van der Waals surface area contributed by atoms with Crippen molar-refractivity contribution in [2.45, 2.75) is 50.3 Å². The first-order chi connectivity index (χ1) is 11.4. The fourth-order valence-corrected chi connectivity index (χ4v) is 3.19. The van der Waals surface area contributed by atoms with Crippen molar-refractivity contribution in [2.24, 2.45) is 5.92 Å². The third kappa shape index (κ3) is 3.51. The summed E-state index contributed by atoms with van der Waals surface area (Å²) in [6.45, 7) is 0. The fourth-order valence-electron chi connectivity index (χ4n) is 3.19. The van der Waals surface area contributed by atoms with E-state index in [0.717, 1.165) is 25.3 Å². The van der Waals surface area contributed by atoms with E-state index >= 15 is 0 Å². The second-order valence-electron chi connectivity index (χ2n) is 6.62. The Morgan fingerprint density at radius 1 is 1.17 bits per heavy atom. The summed E-state index contributed by atoms with van der Waals surface area (Å²) in [5.41, 5.74) is -0.206. The molecule has 2 amide bonds. The predicted octanol–water partition coefficient (Wildman–Crippen LogP) is 1.07. The Balaban J connectivity index is 1.58. The molecule has 6 nitrogen and oxygen atoms in total. The lowest BCUT2D eigenvalue weighted by atomic mass is 9.92. The lowest BCUT2D eigenvalue weighted by Crippen LogP contribution is -2.42. The molecule has 7 heteroatoms. The number of carbonyl (C=O) groups excluding carboxylic acids is 2. The molecule has 4 N–H and O–H groups in total. The predicted molar refractivity (Wildman–Crippen MR) is 83.8 cm³/mol. The molecular weight excluding hydrogens is 315 g/mol. The van der Waals surface area contributed by atoms with Crippen LogP contribution < -0.4 is 10.6 Å². The van der Waals surface area contributed by atoms with Crippen LogP contribution in [0.15, 0.2) is 18.2 Å². The van der Waals surface area contributed by atoms with Gasteiger partial charge in [0.05, 0.1) is 17.7 Å². The molecule has 2 aliphatic rings. The molecular formula is C17H21FN2O4. The van der Waals surface area contributed by atoms with Crippen molar-refractivity contribution in [3.63, 3.8) is 0 Å². The maximum Gasteiger partial charge on any atom is 0.254 e. The van der Waals surface area contributed by atoms with E-state index in [9.17, 15) is 24.2 Å². The molecule has 2 aliphatic carbocycles. The maximum absolute atomic E-state index is 13.7. The molecule has 130 valence electrons. The van der Waals surface area contributed by atoms with E-state index in [4.69, 9.17) is 0 Å². The number of nitrogens with one attached hydrogen (secondary N) is 2. The van der Waals surface area contributed by atoms with Crippen molar-refractivity contribution < 1.29 is 24.2 Å². The molecule has 0 aliphatic heterocycles. The van der Waals surface area contributed by atoms with Gasteiger partial charge in [-0.05, 0) is 44.2 Å². The van der Waals surface area contributed by atoms with E-state index in [-0.39, 0.29) is 35.6 Å². The Bertz CT molecular complexity index is 647. The quantitative estimate of drug-likeness (QED) is 0.661. The molecule has 0 radical (unpaired) electrons. The van der Waals surface area contributed by atoms with E-state index in [2.05, 4.69) is 10.6 Å². The van der Waals surface area contributed by atoms with E-state index in [1.807, 2.05) is 0 Å². The van der Waals surface area contributed by atoms with Crippen molar-refractivity contribution >= 4 is 11.8 Å². The van der Waals surface area contributed by atoms with Crippen molar-refractivity contribution in [1.82, 2.24) is 10.6 Å². The molecule has 3 atom stereocenters. The second-order valence-corrected chi connectivity index (χ2v) is 6.62. The van der Waals surface area contributed by atoms with Gasteiger partial charge in [-0.25, -0.2) is 4.39 Å². The third-order valence-corrected chi connectivity index (χ3v) is 4.87. The first kappa shape index (κ1) is 16.7. The van der Waals surface area contributed by atoms with Crippen LogP contribution in [0.25, 0.3) is 0 Å². The Labute approximate surface area is 139 Å². The average molecular weight is 336 g/mol. The molecule has 2 fully saturated rings. The molecule has 0 unspecified atom stereocenters. The zero-order valence-corrected chi connectivity index (χ0v) is 13.2. The highest BCUT2D eigenvalue weighted by Crippen LogP contribution is 2.28. The summed E-state index contributed by atoms with van der Waals surface area (Å²) in [6.07, 6.45) is 2.86. The molecule has 0 spiro atoms. The number of aliphatic hydroxyl groups excluding tert-OH is 1. The van der Waals surface area contributed by atoms with Crippen molar-refractivity contribution in [3.8, 4) is 5.75 Å². The first-order valence-corrected chi connectivity index (χ1v) is 8.22. The zero-order chi connectivity index (χ0) is 17.3. The van der Waals surface area contributed by atoms with Gasteiger partial charge in [0.15, 0.2) is 0 Å². The Morgan fingerprint density at radius 3 is 2.54 bits per heavy atom. The Hall–Kier alpha value is -2.15. The van der Waals surface area contributed by atoms with Crippen LogP contribution in [0.2, 0.25) is 0 Å². The number of hydrogen-bond acceptors (Lipinski definition) is 4. The number of aliphatic hydroxyl groups is 1. The van der Waals surface area contributed by atoms with E-state index in [0.29, 0.717) is 6.42 Å². The van der Waals surface area contributed by atoms with Crippen molar-refractivity contribution in [1.29, 1.82) is 0 Å². The normalized spacial score (nSPS) is 26.7. The number of phenols is 1. The van der Waals surface area contributed by atoms with Gasteiger partial charge in [0, 0.05) is 18.0 Å². The standard InChI is InChI=1S/C17H21FN2O4/c18-13-8-11(21)4-5-12(13)17(24)20-14-6-9(7-15(14)22)16(23)19-10-2-1-3-10/h4-5,8-10,14-15,21-22H,1-3,6-7H2,(H,19,23)(H,20,24)/t9-,14-,15-/m0/s1. The molecule has 0 aromatic heterocycles. The summed E-state index contributed by atoms with van der Waals surface area (Å²) in [5.74, 6) is -2.21. The number of aromatic hydroxyl groups is 1. The molecule has 0 heterocycles. The number of phenolic OH excluding ortho intramolecular Hbond substituents is 1. The van der Waals surface area contributed by atoms with E-state index in [1.54, 1.807) is 0 Å². The van der Waals surface area contributed by atoms with Crippen LogP contribution in [0.1, 0.15) is 42.5 Å². The van der Waals surface area contributed by atoms with Crippen molar-refractivity contribution in [2.75, 3.05) is 0 Å². The van der Waals surface area contributed by atoms with Gasteiger partial charge in [-0.1, -0.05) is 0 Å². The van der Waals surface area contributed by atoms with Crippen LogP contribution in [0.3, 0.4) is 0 Å². The van der Waals surface area contributed by atoms with E-state index < -0.39 is 23.9 Å². The van der Waals surface area contributed by atoms with Gasteiger partial charge < -0.3 is 20.8 Å². The number of amides is 2. The average Bonchev–Trinajstić information content (AvgIpc) is 2.84. The van der Waals surface area contributed by atoms with Gasteiger partial charge in [-0.15, -0.1) is 0 Å². The second kappa shape index (κ2) is 6.76. The number of halogens is 1. The molecule has 0 bridgehead atoms. The Kier molecular flexibility index (Phi) is 4.71. The van der Waals surface area contributed by atoms with Crippen LogP contribution in [0.4, 0.5) is 4.39 Å². The lowest BCUT2D eigenvalue weighted by molar-refractivity contribution is -0.126. The minimum Gasteiger partial charge on any atom is -0.508 e. The number of rotatable bonds is 4. The lowest BCUT2D eigenvalue weighted by Gasteiger charge is -2.27. The van der Waals surface area contributed by atoms with Gasteiger partial charge in [-0.3, -0.25) is 9.59 Å². The van der Waals surface area contributed by atoms with Crippen LogP contribution in [-0.2, 0) is 4.79 Å². The van der Waals surface area contributed by atoms with Gasteiger partial charge in [0.1, 0.15) is 11.6 Å². The summed E-state index contributed by atoms with van der Waals surface area (Å²) in [6, 6.07) is 2.90. The minimum absolute atomic E-state index is 0.0914. The van der Waals surface area contributed by atoms with Crippen LogP contribution in [0.5, 0.6) is 5.75 Å². The zero-order valence-electron chi connectivity index (χ0n) is 13.2. The minimum atomic E-state index is -0.841. The highest BCUT2D eigenvalue weighted by atomic mass is 19.1. The molecule has 3 rings (SSSR count). The summed E-state index contributed by atoms with van der Waals surface area (Å²) in [5, 5.41) is 24.8. The summed E-state index contributed by atoms with van der Waals surface area (Å²) in [4.78, 5) is 24.3. The smallest absolute Gasteiger partial charge is 0.254 e. The molecule has 24 heavy (non-hydrogen) atoms. The topological polar surface area (TPSA) is 98.7 Å². The molecule has 0 saturated heterocycles. The highest BCUT2D eigenvalue weighted by molar-refractivity contribution is 5.95. The Morgan fingerprint density at radius 2 is 1.92 bits per heavy atom. The molecule has 1 aromatic rings. The maximum atomic E-state index is 13.7. The summed E-state index contributed by atoms with van der Waals surface area (Å²) in [7, 11) is 0. The van der Waals surface area contributed by atoms with Gasteiger partial charge in [0.25, 0.3) is 5.91 Å².